The second kappa shape index (κ2) is 8.81. The normalized spacial score (nSPS) is 11.0. The van der Waals surface area contributed by atoms with Crippen molar-refractivity contribution < 1.29 is 9.90 Å². The number of carbonyl (C=O) groups excluding carboxylic acids is 1. The van der Waals surface area contributed by atoms with Gasteiger partial charge in [0.05, 0.1) is 18.2 Å². The van der Waals surface area contributed by atoms with E-state index in [1.807, 2.05) is 22.9 Å². The molecule has 2 aromatic carbocycles. The van der Waals surface area contributed by atoms with Crippen molar-refractivity contribution in [1.29, 1.82) is 0 Å². The number of benzene rings is 2. The number of carboxylic acids is 1. The molecule has 30 heavy (non-hydrogen) atoms. The predicted molar refractivity (Wildman–Crippen MR) is 123 cm³/mol. The minimum Gasteiger partial charge on any atom is -0.545 e. The standard InChI is InChI=1S/C24H22N2O2S2/c1-16(2)17-8-10-18(11-9-17)22-15-30-24(25-22)26(14-21-7-4-12-29-21)20-6-3-5-19(13-20)23(27)28/h3-13,15-16H,14H2,1-2H3,(H,27,28)/p-1. The zero-order valence-corrected chi connectivity index (χ0v) is 18.4. The van der Waals surface area contributed by atoms with Crippen LogP contribution in [0.3, 0.4) is 0 Å². The molecule has 0 fully saturated rings. The van der Waals surface area contributed by atoms with Gasteiger partial charge >= 0.3 is 0 Å². The number of aromatic nitrogens is 1. The third-order valence-electron chi connectivity index (χ3n) is 4.88. The van der Waals surface area contributed by atoms with E-state index in [-0.39, 0.29) is 5.56 Å². The van der Waals surface area contributed by atoms with Gasteiger partial charge in [-0.05, 0) is 40.6 Å². The van der Waals surface area contributed by atoms with Crippen LogP contribution in [0.2, 0.25) is 0 Å². The van der Waals surface area contributed by atoms with E-state index in [4.69, 9.17) is 4.98 Å². The molecule has 0 bridgehead atoms. The van der Waals surface area contributed by atoms with Gasteiger partial charge in [-0.25, -0.2) is 4.98 Å². The molecule has 4 aromatic rings. The van der Waals surface area contributed by atoms with Crippen molar-refractivity contribution >= 4 is 39.5 Å². The highest BCUT2D eigenvalue weighted by atomic mass is 32.1. The average Bonchev–Trinajstić information content (AvgIpc) is 3.44. The Bertz CT molecular complexity index is 1130. The molecule has 0 saturated carbocycles. The summed E-state index contributed by atoms with van der Waals surface area (Å²) < 4.78 is 0. The number of carbonyl (C=O) groups is 1. The minimum atomic E-state index is -1.18. The van der Waals surface area contributed by atoms with Crippen LogP contribution in [0, 0.1) is 0 Å². The van der Waals surface area contributed by atoms with Crippen LogP contribution >= 0.6 is 22.7 Å². The lowest BCUT2D eigenvalue weighted by Crippen LogP contribution is -2.23. The third-order valence-corrected chi connectivity index (χ3v) is 6.61. The predicted octanol–water partition coefficient (Wildman–Crippen LogP) is 5.70. The average molecular weight is 434 g/mol. The zero-order valence-electron chi connectivity index (χ0n) is 16.7. The molecule has 152 valence electrons. The van der Waals surface area contributed by atoms with Gasteiger partial charge in [0.25, 0.3) is 0 Å². The van der Waals surface area contributed by atoms with E-state index in [9.17, 15) is 9.90 Å². The van der Waals surface area contributed by atoms with Gasteiger partial charge in [-0.1, -0.05) is 56.3 Å². The molecule has 4 nitrogen and oxygen atoms in total. The van der Waals surface area contributed by atoms with Gasteiger partial charge in [0.2, 0.25) is 0 Å². The van der Waals surface area contributed by atoms with Gasteiger partial charge in [0.1, 0.15) is 0 Å². The van der Waals surface area contributed by atoms with E-state index in [1.165, 1.54) is 10.4 Å². The molecule has 4 rings (SSSR count). The number of nitrogens with zero attached hydrogens (tertiary/aromatic N) is 2. The molecule has 2 heterocycles. The molecule has 0 aliphatic rings. The van der Waals surface area contributed by atoms with E-state index in [0.29, 0.717) is 12.5 Å². The number of aromatic carboxylic acids is 1. The van der Waals surface area contributed by atoms with Gasteiger partial charge in [-0.15, -0.1) is 22.7 Å². The molecule has 0 spiro atoms. The van der Waals surface area contributed by atoms with Crippen molar-refractivity contribution in [3.05, 3.63) is 87.4 Å². The summed E-state index contributed by atoms with van der Waals surface area (Å²) in [5.41, 5.74) is 4.22. The molecule has 0 saturated heterocycles. The van der Waals surface area contributed by atoms with Crippen molar-refractivity contribution in [2.75, 3.05) is 4.90 Å². The first-order chi connectivity index (χ1) is 14.5. The molecular weight excluding hydrogens is 412 g/mol. The summed E-state index contributed by atoms with van der Waals surface area (Å²) in [6.45, 7) is 4.98. The highest BCUT2D eigenvalue weighted by molar-refractivity contribution is 7.14. The molecule has 0 aliphatic heterocycles. The lowest BCUT2D eigenvalue weighted by Gasteiger charge is -2.22. The number of hydrogen-bond donors (Lipinski definition) is 0. The summed E-state index contributed by atoms with van der Waals surface area (Å²) >= 11 is 3.22. The Kier molecular flexibility index (Phi) is 5.97. The molecule has 0 N–H and O–H groups in total. The van der Waals surface area contributed by atoms with Gasteiger partial charge in [-0.3, -0.25) is 0 Å². The van der Waals surface area contributed by atoms with Crippen LogP contribution in [0.5, 0.6) is 0 Å². The summed E-state index contributed by atoms with van der Waals surface area (Å²) in [7, 11) is 0. The van der Waals surface area contributed by atoms with Crippen molar-refractivity contribution in [3.8, 4) is 11.3 Å². The summed E-state index contributed by atoms with van der Waals surface area (Å²) in [4.78, 5) is 19.4. The maximum atomic E-state index is 11.4. The van der Waals surface area contributed by atoms with E-state index >= 15 is 0 Å². The number of anilines is 2. The van der Waals surface area contributed by atoms with Crippen molar-refractivity contribution in [1.82, 2.24) is 4.98 Å². The van der Waals surface area contributed by atoms with Crippen LogP contribution in [-0.4, -0.2) is 11.0 Å². The Balaban J connectivity index is 1.69. The monoisotopic (exact) mass is 433 g/mol. The molecular formula is C24H21N2O2S2-. The number of hydrogen-bond acceptors (Lipinski definition) is 6. The van der Waals surface area contributed by atoms with Crippen molar-refractivity contribution in [2.24, 2.45) is 0 Å². The number of rotatable bonds is 7. The van der Waals surface area contributed by atoms with Crippen LogP contribution < -0.4 is 10.0 Å². The van der Waals surface area contributed by atoms with E-state index in [1.54, 1.807) is 40.9 Å². The van der Waals surface area contributed by atoms with E-state index in [0.717, 1.165) is 22.1 Å². The second-order valence-corrected chi connectivity index (χ2v) is 9.16. The maximum Gasteiger partial charge on any atom is 0.190 e. The van der Waals surface area contributed by atoms with Crippen molar-refractivity contribution in [3.63, 3.8) is 0 Å². The summed E-state index contributed by atoms with van der Waals surface area (Å²) in [6.07, 6.45) is 0. The lowest BCUT2D eigenvalue weighted by molar-refractivity contribution is -0.255. The van der Waals surface area contributed by atoms with Gasteiger partial charge < -0.3 is 14.8 Å². The zero-order chi connectivity index (χ0) is 21.1. The Morgan fingerprint density at radius 3 is 2.53 bits per heavy atom. The van der Waals surface area contributed by atoms with Gasteiger partial charge in [-0.2, -0.15) is 0 Å². The summed E-state index contributed by atoms with van der Waals surface area (Å²) in [6, 6.07) is 19.4. The highest BCUT2D eigenvalue weighted by Crippen LogP contribution is 2.34. The molecule has 0 unspecified atom stereocenters. The van der Waals surface area contributed by atoms with Crippen LogP contribution in [0.1, 0.15) is 40.6 Å². The third kappa shape index (κ3) is 4.45. The number of carboxylic acid groups (broad SMARTS) is 1. The number of thiazole rings is 1. The highest BCUT2D eigenvalue weighted by Gasteiger charge is 2.16. The second-order valence-electron chi connectivity index (χ2n) is 7.30. The fourth-order valence-electron chi connectivity index (χ4n) is 3.19. The van der Waals surface area contributed by atoms with Gasteiger partial charge in [0.15, 0.2) is 5.13 Å². The maximum absolute atomic E-state index is 11.4. The first kappa shape index (κ1) is 20.3. The quantitative estimate of drug-likeness (QED) is 0.375. The summed E-state index contributed by atoms with van der Waals surface area (Å²) in [5, 5.41) is 16.3. The topological polar surface area (TPSA) is 56.3 Å². The first-order valence-corrected chi connectivity index (χ1v) is 11.4. The fraction of sp³-hybridized carbons (Fsp3) is 0.167. The first-order valence-electron chi connectivity index (χ1n) is 9.68. The fourth-order valence-corrected chi connectivity index (χ4v) is 4.73. The van der Waals surface area contributed by atoms with Crippen LogP contribution in [0.4, 0.5) is 10.8 Å². The van der Waals surface area contributed by atoms with E-state index < -0.39 is 5.97 Å². The molecule has 0 aliphatic carbocycles. The Labute approximate surface area is 184 Å². The number of thiophene rings is 1. The SMILES string of the molecule is CC(C)c1ccc(-c2csc(N(Cc3cccs3)c3cccc(C(=O)[O-])c3)n2)cc1. The summed E-state index contributed by atoms with van der Waals surface area (Å²) in [5.74, 6) is -0.694. The minimum absolute atomic E-state index is 0.157. The Morgan fingerprint density at radius 1 is 1.07 bits per heavy atom. The van der Waals surface area contributed by atoms with Crippen LogP contribution in [-0.2, 0) is 6.54 Å². The van der Waals surface area contributed by atoms with Crippen molar-refractivity contribution in [2.45, 2.75) is 26.3 Å². The molecule has 0 amide bonds. The molecule has 6 heteroatoms. The van der Waals surface area contributed by atoms with Gasteiger partial charge in [0, 0.05) is 21.5 Å². The molecule has 2 aromatic heterocycles. The Hall–Kier alpha value is -2.96. The molecule has 0 radical (unpaired) electrons. The van der Waals surface area contributed by atoms with Crippen LogP contribution in [0.25, 0.3) is 11.3 Å². The molecule has 0 atom stereocenters. The lowest BCUT2D eigenvalue weighted by atomic mass is 10.0. The van der Waals surface area contributed by atoms with E-state index in [2.05, 4.69) is 49.1 Å². The smallest absolute Gasteiger partial charge is 0.190 e. The largest absolute Gasteiger partial charge is 0.545 e. The Morgan fingerprint density at radius 2 is 1.87 bits per heavy atom. The van der Waals surface area contributed by atoms with Crippen LogP contribution in [0.15, 0.2) is 71.4 Å².